The Balaban J connectivity index is 1.81. The van der Waals surface area contributed by atoms with Crippen molar-refractivity contribution < 1.29 is 13.7 Å². The van der Waals surface area contributed by atoms with E-state index in [-0.39, 0.29) is 0 Å². The molecule has 1 aromatic carbocycles. The summed E-state index contributed by atoms with van der Waals surface area (Å²) < 4.78 is 27.6. The molecule has 0 N–H and O–H groups in total. The molecule has 132 valence electrons. The highest BCUT2D eigenvalue weighted by atomic mass is 19.1. The van der Waals surface area contributed by atoms with Crippen molar-refractivity contribution in [3.63, 3.8) is 0 Å². The largest absolute Gasteiger partial charge is 0.525 e. The third-order valence-electron chi connectivity index (χ3n) is 5.03. The number of benzene rings is 1. The number of rotatable bonds is 3. The van der Waals surface area contributed by atoms with E-state index in [1.54, 1.807) is 10.9 Å². The summed E-state index contributed by atoms with van der Waals surface area (Å²) in [5.41, 5.74) is 1.96. The number of aryl methyl sites for hydroxylation is 2. The van der Waals surface area contributed by atoms with Crippen molar-refractivity contribution in [3.8, 4) is 5.69 Å². The summed E-state index contributed by atoms with van der Waals surface area (Å²) in [5.74, 6) is 0. The first kappa shape index (κ1) is 17.8. The van der Waals surface area contributed by atoms with E-state index >= 15 is 0 Å². The molecule has 7 heteroatoms. The molecule has 3 rings (SSSR count). The van der Waals surface area contributed by atoms with Gasteiger partial charge in [0.15, 0.2) is 0 Å². The molecule has 0 atom stereocenters. The Morgan fingerprint density at radius 2 is 1.76 bits per heavy atom. The highest BCUT2D eigenvalue weighted by molar-refractivity contribution is 6.54. The summed E-state index contributed by atoms with van der Waals surface area (Å²) in [6, 6.07) is 5.99. The van der Waals surface area contributed by atoms with Gasteiger partial charge in [-0.2, -0.15) is 0 Å². The number of hydrogen-bond donors (Lipinski definition) is 0. The third kappa shape index (κ3) is 3.39. The summed E-state index contributed by atoms with van der Waals surface area (Å²) >= 11 is 0. The monoisotopic (exact) mass is 343 g/mol. The summed E-state index contributed by atoms with van der Waals surface area (Å²) in [6.45, 7) is 11.6. The molecule has 0 saturated carbocycles. The van der Waals surface area contributed by atoms with E-state index in [2.05, 4.69) is 17.2 Å². The first-order valence-electron chi connectivity index (χ1n) is 8.32. The van der Waals surface area contributed by atoms with Gasteiger partial charge in [0.05, 0.1) is 23.1 Å². The van der Waals surface area contributed by atoms with E-state index in [1.165, 1.54) is 11.6 Å². The molecule has 1 aromatic heterocycles. The number of nitrogens with zero attached hydrogens (tertiary/aromatic N) is 3. The second-order valence-electron chi connectivity index (χ2n) is 7.47. The van der Waals surface area contributed by atoms with E-state index < -0.39 is 24.0 Å². The zero-order valence-electron chi connectivity index (χ0n) is 15.5. The van der Waals surface area contributed by atoms with E-state index in [4.69, 9.17) is 9.31 Å². The maximum atomic E-state index is 14.5. The Morgan fingerprint density at radius 3 is 2.36 bits per heavy atom. The smallest absolute Gasteiger partial charge is 0.398 e. The van der Waals surface area contributed by atoms with Gasteiger partial charge >= 0.3 is 7.12 Å². The molecule has 2 heterocycles. The Bertz CT molecular complexity index is 813. The molecule has 0 spiro atoms. The third-order valence-corrected chi connectivity index (χ3v) is 5.03. The normalized spacial score (nSPS) is 19.5. The fourth-order valence-corrected chi connectivity index (χ4v) is 2.50. The second kappa shape index (κ2) is 6.07. The Kier molecular flexibility index (Phi) is 4.33. The van der Waals surface area contributed by atoms with Gasteiger partial charge in [-0.25, -0.2) is 9.07 Å². The van der Waals surface area contributed by atoms with Gasteiger partial charge < -0.3 is 9.31 Å². The van der Waals surface area contributed by atoms with Crippen LogP contribution in [-0.4, -0.2) is 33.3 Å². The average molecular weight is 343 g/mol. The lowest BCUT2D eigenvalue weighted by molar-refractivity contribution is 0.00578. The molecule has 1 saturated heterocycles. The van der Waals surface area contributed by atoms with Crippen molar-refractivity contribution in [3.05, 3.63) is 46.9 Å². The highest BCUT2D eigenvalue weighted by Gasteiger charge is 2.53. The van der Waals surface area contributed by atoms with Gasteiger partial charge in [-0.3, -0.25) is 0 Å². The van der Waals surface area contributed by atoms with Crippen LogP contribution in [0.3, 0.4) is 0 Å². The summed E-state index contributed by atoms with van der Waals surface area (Å²) in [7, 11) is -1.03. The van der Waals surface area contributed by atoms with Crippen LogP contribution in [0.2, 0.25) is 0 Å². The van der Waals surface area contributed by atoms with Crippen LogP contribution in [0.15, 0.2) is 30.1 Å². The second-order valence-corrected chi connectivity index (χ2v) is 7.47. The zero-order valence-corrected chi connectivity index (χ0v) is 15.5. The lowest BCUT2D eigenvalue weighted by atomic mass is 9.87. The van der Waals surface area contributed by atoms with E-state index in [9.17, 15) is 4.39 Å². The fraction of sp³-hybridized carbons (Fsp3) is 0.444. The molecular weight excluding hydrogens is 320 g/mol. The van der Waals surface area contributed by atoms with Gasteiger partial charge in [0.25, 0.3) is 0 Å². The van der Waals surface area contributed by atoms with Crippen LogP contribution in [0.25, 0.3) is 11.8 Å². The molecule has 1 fully saturated rings. The van der Waals surface area contributed by atoms with Crippen molar-refractivity contribution in [1.29, 1.82) is 0 Å². The lowest BCUT2D eigenvalue weighted by Crippen LogP contribution is -2.41. The van der Waals surface area contributed by atoms with Gasteiger partial charge in [0.2, 0.25) is 0 Å². The molecule has 0 bridgehead atoms. The minimum absolute atomic E-state index is 0.408. The number of aromatic nitrogens is 3. The first-order chi connectivity index (χ1) is 11.6. The number of halogens is 1. The van der Waals surface area contributed by atoms with Crippen molar-refractivity contribution >= 4 is 13.2 Å². The minimum atomic E-state index is -1.03. The van der Waals surface area contributed by atoms with Crippen LogP contribution in [0.5, 0.6) is 0 Å². The van der Waals surface area contributed by atoms with Crippen molar-refractivity contribution in [2.75, 3.05) is 0 Å². The molecule has 0 radical (unpaired) electrons. The van der Waals surface area contributed by atoms with E-state index in [0.717, 1.165) is 11.3 Å². The predicted octanol–water partition coefficient (Wildman–Crippen LogP) is 3.83. The lowest BCUT2D eigenvalue weighted by Gasteiger charge is -2.32. The van der Waals surface area contributed by atoms with Gasteiger partial charge in [-0.15, -0.1) is 5.10 Å². The molecular formula is C18H23BFN3O2. The molecule has 2 aromatic rings. The maximum absolute atomic E-state index is 14.5. The molecule has 0 amide bonds. The fourth-order valence-electron chi connectivity index (χ4n) is 2.50. The highest BCUT2D eigenvalue weighted by Crippen LogP contribution is 2.38. The Morgan fingerprint density at radius 1 is 1.12 bits per heavy atom. The first-order valence-corrected chi connectivity index (χ1v) is 8.32. The quantitative estimate of drug-likeness (QED) is 0.795. The molecule has 0 unspecified atom stereocenters. The van der Waals surface area contributed by atoms with Crippen LogP contribution in [-0.2, 0) is 9.31 Å². The summed E-state index contributed by atoms with van der Waals surface area (Å²) in [5, 5.41) is 8.08. The Hall–Kier alpha value is -1.99. The van der Waals surface area contributed by atoms with Gasteiger partial charge in [-0.1, -0.05) is 11.3 Å². The summed E-state index contributed by atoms with van der Waals surface area (Å²) in [4.78, 5) is 0. The topological polar surface area (TPSA) is 49.2 Å². The van der Waals surface area contributed by atoms with Crippen molar-refractivity contribution in [2.45, 2.75) is 52.7 Å². The van der Waals surface area contributed by atoms with Crippen LogP contribution >= 0.6 is 0 Å². The maximum Gasteiger partial charge on any atom is 0.525 e. The van der Waals surface area contributed by atoms with Crippen LogP contribution in [0, 0.1) is 13.8 Å². The molecule has 25 heavy (non-hydrogen) atoms. The summed E-state index contributed by atoms with van der Waals surface area (Å²) in [6.07, 6.45) is 2.97. The van der Waals surface area contributed by atoms with Crippen LogP contribution in [0.4, 0.5) is 4.39 Å². The van der Waals surface area contributed by atoms with E-state index in [0.29, 0.717) is 5.69 Å². The Labute approximate surface area is 148 Å². The van der Waals surface area contributed by atoms with Crippen molar-refractivity contribution in [2.24, 2.45) is 0 Å². The predicted molar refractivity (Wildman–Crippen MR) is 96.0 cm³/mol. The number of hydrogen-bond acceptors (Lipinski definition) is 4. The molecule has 0 aliphatic carbocycles. The van der Waals surface area contributed by atoms with Gasteiger partial charge in [0, 0.05) is 0 Å². The molecule has 1 aliphatic rings. The van der Waals surface area contributed by atoms with Crippen LogP contribution in [0.1, 0.15) is 44.5 Å². The minimum Gasteiger partial charge on any atom is -0.398 e. The molecule has 5 nitrogen and oxygen atoms in total. The van der Waals surface area contributed by atoms with E-state index in [1.807, 2.05) is 52.8 Å². The van der Waals surface area contributed by atoms with Gasteiger partial charge in [0.1, 0.15) is 11.4 Å². The molecule has 1 aliphatic heterocycles. The van der Waals surface area contributed by atoms with Crippen LogP contribution < -0.4 is 0 Å². The average Bonchev–Trinajstić information content (AvgIpc) is 3.05. The zero-order chi connectivity index (χ0) is 18.4. The van der Waals surface area contributed by atoms with Crippen molar-refractivity contribution in [1.82, 2.24) is 15.0 Å². The standard InChI is InChI=1S/C18H23BFN3O2/c1-12-7-8-15(9-13(12)2)23-11-14(21-22-23)10-16(20)19-24-17(3,4)18(5,6)25-19/h7-11H,1-6H3. The SMILES string of the molecule is Cc1ccc(-n2cc(C=C(F)B3OC(C)(C)C(C)(C)O3)nn2)cc1C. The van der Waals surface area contributed by atoms with Gasteiger partial charge in [-0.05, 0) is 70.9 Å².